The number of hydrogen-bond donors (Lipinski definition) is 1. The number of nitrogens with two attached hydrogens (primary N) is 1. The molecule has 1 fully saturated rings. The van der Waals surface area contributed by atoms with Gasteiger partial charge in [-0.05, 0) is 37.6 Å². The lowest BCUT2D eigenvalue weighted by molar-refractivity contribution is -0.0218. The lowest BCUT2D eigenvalue weighted by Gasteiger charge is -2.52. The van der Waals surface area contributed by atoms with Crippen LogP contribution in [0.1, 0.15) is 66.7 Å². The Balaban J connectivity index is 3.07. The van der Waals surface area contributed by atoms with E-state index in [1.54, 1.807) is 0 Å². The minimum Gasteiger partial charge on any atom is -0.329 e. The molecule has 1 heterocycles. The summed E-state index contributed by atoms with van der Waals surface area (Å²) in [5.41, 5.74) is 6.45. The van der Waals surface area contributed by atoms with Crippen molar-refractivity contribution in [1.29, 1.82) is 0 Å². The van der Waals surface area contributed by atoms with Gasteiger partial charge in [-0.2, -0.15) is 0 Å². The zero-order valence-corrected chi connectivity index (χ0v) is 13.2. The van der Waals surface area contributed by atoms with E-state index in [2.05, 4.69) is 39.5 Å². The normalized spacial score (nSPS) is 23.7. The monoisotopic (exact) mass is 254 g/mol. The Morgan fingerprint density at radius 2 is 1.72 bits per heavy atom. The summed E-state index contributed by atoms with van der Waals surface area (Å²) < 4.78 is 0. The van der Waals surface area contributed by atoms with E-state index in [1.165, 1.54) is 38.6 Å². The third-order valence-electron chi connectivity index (χ3n) is 5.21. The van der Waals surface area contributed by atoms with Crippen LogP contribution in [0.5, 0.6) is 0 Å². The second kappa shape index (κ2) is 6.91. The highest BCUT2D eigenvalue weighted by Crippen LogP contribution is 2.37. The molecule has 0 amide bonds. The minimum absolute atomic E-state index is 0.186. The zero-order valence-electron chi connectivity index (χ0n) is 13.2. The molecule has 1 aliphatic heterocycles. The van der Waals surface area contributed by atoms with Crippen LogP contribution in [0.25, 0.3) is 0 Å². The van der Waals surface area contributed by atoms with Crippen molar-refractivity contribution in [3.8, 4) is 0 Å². The van der Waals surface area contributed by atoms with Crippen molar-refractivity contribution in [2.75, 3.05) is 13.1 Å². The van der Waals surface area contributed by atoms with E-state index >= 15 is 0 Å². The highest BCUT2D eigenvalue weighted by molar-refractivity contribution is 5.00. The fourth-order valence-electron chi connectivity index (χ4n) is 4.07. The maximum absolute atomic E-state index is 6.27. The molecular weight excluding hydrogens is 220 g/mol. The van der Waals surface area contributed by atoms with Gasteiger partial charge in [-0.25, -0.2) is 0 Å². The lowest BCUT2D eigenvalue weighted by Crippen LogP contribution is -2.63. The number of hydrogen-bond acceptors (Lipinski definition) is 2. The smallest absolute Gasteiger partial charge is 0.0380 e. The van der Waals surface area contributed by atoms with Gasteiger partial charge in [0.25, 0.3) is 0 Å². The van der Waals surface area contributed by atoms with E-state index in [0.29, 0.717) is 11.8 Å². The fourth-order valence-corrected chi connectivity index (χ4v) is 4.07. The predicted octanol–water partition coefficient (Wildman–Crippen LogP) is 3.65. The molecule has 0 aromatic carbocycles. The van der Waals surface area contributed by atoms with E-state index in [0.717, 1.165) is 12.6 Å². The van der Waals surface area contributed by atoms with E-state index in [4.69, 9.17) is 5.73 Å². The predicted molar refractivity (Wildman–Crippen MR) is 80.7 cm³/mol. The Bertz CT molecular complexity index is 227. The molecule has 0 aliphatic carbocycles. The molecule has 1 unspecified atom stereocenters. The molecule has 18 heavy (non-hydrogen) atoms. The number of likely N-dealkylation sites (tertiary alicyclic amines) is 1. The van der Waals surface area contributed by atoms with Crippen LogP contribution in [0, 0.1) is 11.8 Å². The molecule has 1 saturated heterocycles. The van der Waals surface area contributed by atoms with Crippen LogP contribution in [-0.2, 0) is 0 Å². The van der Waals surface area contributed by atoms with Crippen molar-refractivity contribution >= 4 is 0 Å². The molecule has 0 aromatic rings. The molecule has 1 aliphatic rings. The van der Waals surface area contributed by atoms with E-state index < -0.39 is 0 Å². The number of rotatable bonds is 5. The van der Waals surface area contributed by atoms with Gasteiger partial charge in [-0.3, -0.25) is 4.90 Å². The van der Waals surface area contributed by atoms with Crippen molar-refractivity contribution in [1.82, 2.24) is 4.90 Å². The summed E-state index contributed by atoms with van der Waals surface area (Å²) in [6.45, 7) is 13.8. The summed E-state index contributed by atoms with van der Waals surface area (Å²) >= 11 is 0. The average molecular weight is 254 g/mol. The third-order valence-corrected chi connectivity index (χ3v) is 5.21. The number of nitrogens with zero attached hydrogens (tertiary/aromatic N) is 1. The summed E-state index contributed by atoms with van der Waals surface area (Å²) in [6, 6.07) is 0.737. The van der Waals surface area contributed by atoms with Gasteiger partial charge in [-0.1, -0.05) is 47.5 Å². The molecule has 0 bridgehead atoms. The van der Waals surface area contributed by atoms with Crippen LogP contribution in [0.4, 0.5) is 0 Å². The maximum Gasteiger partial charge on any atom is 0.0380 e. The van der Waals surface area contributed by atoms with Gasteiger partial charge in [0.15, 0.2) is 0 Å². The van der Waals surface area contributed by atoms with Crippen LogP contribution in [0.2, 0.25) is 0 Å². The fraction of sp³-hybridized carbons (Fsp3) is 1.00. The zero-order chi connectivity index (χ0) is 13.8. The summed E-state index contributed by atoms with van der Waals surface area (Å²) in [4.78, 5) is 2.79. The van der Waals surface area contributed by atoms with E-state index in [-0.39, 0.29) is 5.54 Å². The molecule has 0 radical (unpaired) electrons. The van der Waals surface area contributed by atoms with Gasteiger partial charge in [0, 0.05) is 18.1 Å². The highest BCUT2D eigenvalue weighted by atomic mass is 15.2. The molecule has 1 atom stereocenters. The molecule has 2 N–H and O–H groups in total. The van der Waals surface area contributed by atoms with Gasteiger partial charge in [-0.15, -0.1) is 0 Å². The Labute approximate surface area is 114 Å². The van der Waals surface area contributed by atoms with Crippen molar-refractivity contribution in [2.45, 2.75) is 78.3 Å². The first-order chi connectivity index (χ1) is 8.50. The van der Waals surface area contributed by atoms with Crippen LogP contribution < -0.4 is 5.73 Å². The first kappa shape index (κ1) is 16.0. The lowest BCUT2D eigenvalue weighted by atomic mass is 9.74. The Kier molecular flexibility index (Phi) is 6.13. The quantitative estimate of drug-likeness (QED) is 0.811. The average Bonchev–Trinajstić information content (AvgIpc) is 2.55. The van der Waals surface area contributed by atoms with Crippen molar-refractivity contribution < 1.29 is 0 Å². The summed E-state index contributed by atoms with van der Waals surface area (Å²) in [5, 5.41) is 0. The molecule has 2 heteroatoms. The summed E-state index contributed by atoms with van der Waals surface area (Å²) in [5.74, 6) is 1.24. The van der Waals surface area contributed by atoms with Crippen LogP contribution in [0.3, 0.4) is 0 Å². The molecule has 108 valence electrons. The molecular formula is C16H34N2. The van der Waals surface area contributed by atoms with E-state index in [1.807, 2.05) is 0 Å². The summed E-state index contributed by atoms with van der Waals surface area (Å²) in [7, 11) is 0. The molecule has 0 spiro atoms. The van der Waals surface area contributed by atoms with Gasteiger partial charge in [0.05, 0.1) is 0 Å². The summed E-state index contributed by atoms with van der Waals surface area (Å²) in [6.07, 6.45) is 6.76. The van der Waals surface area contributed by atoms with Gasteiger partial charge in [0.2, 0.25) is 0 Å². The molecule has 0 aromatic heterocycles. The molecule has 0 saturated carbocycles. The second-order valence-electron chi connectivity index (χ2n) is 6.61. The van der Waals surface area contributed by atoms with Gasteiger partial charge in [0.1, 0.15) is 0 Å². The Morgan fingerprint density at radius 3 is 2.17 bits per heavy atom. The first-order valence-electron chi connectivity index (χ1n) is 7.97. The van der Waals surface area contributed by atoms with Crippen LogP contribution in [0.15, 0.2) is 0 Å². The first-order valence-corrected chi connectivity index (χ1v) is 7.97. The topological polar surface area (TPSA) is 29.3 Å². The standard InChI is InChI=1S/C16H34N2/c1-6-15-10-8-7-9-11-18(15)16(12-17,13(2)3)14(4)5/h13-15H,6-12,17H2,1-5H3. The molecule has 2 nitrogen and oxygen atoms in total. The van der Waals surface area contributed by atoms with Gasteiger partial charge >= 0.3 is 0 Å². The van der Waals surface area contributed by atoms with Crippen LogP contribution in [-0.4, -0.2) is 29.6 Å². The third kappa shape index (κ3) is 2.91. The second-order valence-corrected chi connectivity index (χ2v) is 6.61. The SMILES string of the molecule is CCC1CCCCCN1C(CN)(C(C)C)C(C)C. The van der Waals surface area contributed by atoms with Gasteiger partial charge < -0.3 is 5.73 Å². The van der Waals surface area contributed by atoms with Crippen LogP contribution >= 0.6 is 0 Å². The maximum atomic E-state index is 6.27. The Morgan fingerprint density at radius 1 is 1.11 bits per heavy atom. The van der Waals surface area contributed by atoms with Crippen molar-refractivity contribution in [2.24, 2.45) is 17.6 Å². The molecule has 1 rings (SSSR count). The Hall–Kier alpha value is -0.0800. The van der Waals surface area contributed by atoms with E-state index in [9.17, 15) is 0 Å². The van der Waals surface area contributed by atoms with Crippen molar-refractivity contribution in [3.05, 3.63) is 0 Å². The highest BCUT2D eigenvalue weighted by Gasteiger charge is 2.44. The minimum atomic E-state index is 0.186. The largest absolute Gasteiger partial charge is 0.329 e. The van der Waals surface area contributed by atoms with Crippen molar-refractivity contribution in [3.63, 3.8) is 0 Å².